The maximum atomic E-state index is 14.2. The first-order chi connectivity index (χ1) is 10.2. The molecule has 2 aliphatic heterocycles. The van der Waals surface area contributed by atoms with E-state index >= 15 is 0 Å². The maximum Gasteiger partial charge on any atom is 0.146 e. The first-order valence-corrected chi connectivity index (χ1v) is 8.48. The molecule has 4 heteroatoms. The van der Waals surface area contributed by atoms with Gasteiger partial charge < -0.3 is 5.32 Å². The van der Waals surface area contributed by atoms with Gasteiger partial charge in [-0.15, -0.1) is 0 Å². The van der Waals surface area contributed by atoms with Crippen LogP contribution in [0, 0.1) is 5.82 Å². The second-order valence-electron chi connectivity index (χ2n) is 6.45. The van der Waals surface area contributed by atoms with Gasteiger partial charge in [0.05, 0.1) is 5.02 Å². The fourth-order valence-corrected chi connectivity index (χ4v) is 4.09. The Morgan fingerprint density at radius 2 is 2.00 bits per heavy atom. The third kappa shape index (κ3) is 3.41. The monoisotopic (exact) mass is 310 g/mol. The van der Waals surface area contributed by atoms with Crippen LogP contribution in [0.4, 0.5) is 4.39 Å². The summed E-state index contributed by atoms with van der Waals surface area (Å²) >= 11 is 5.91. The van der Waals surface area contributed by atoms with Crippen LogP contribution >= 0.6 is 11.6 Å². The Hall–Kier alpha value is -0.640. The fourth-order valence-electron chi connectivity index (χ4n) is 3.89. The van der Waals surface area contributed by atoms with Crippen LogP contribution in [0.3, 0.4) is 0 Å². The van der Waals surface area contributed by atoms with E-state index in [1.165, 1.54) is 25.7 Å². The first kappa shape index (κ1) is 15.3. The van der Waals surface area contributed by atoms with Gasteiger partial charge >= 0.3 is 0 Å². The Bertz CT molecular complexity index is 482. The lowest BCUT2D eigenvalue weighted by atomic mass is 9.97. The van der Waals surface area contributed by atoms with Crippen molar-refractivity contribution >= 4 is 11.6 Å². The topological polar surface area (TPSA) is 15.3 Å². The van der Waals surface area contributed by atoms with Gasteiger partial charge in [0.2, 0.25) is 0 Å². The molecule has 2 aliphatic rings. The summed E-state index contributed by atoms with van der Waals surface area (Å²) in [5.74, 6) is -0.253. The highest BCUT2D eigenvalue weighted by Crippen LogP contribution is 2.31. The molecule has 1 aromatic rings. The predicted octanol–water partition coefficient (Wildman–Crippen LogP) is 3.97. The number of piperidine rings is 1. The summed E-state index contributed by atoms with van der Waals surface area (Å²) in [5.41, 5.74) is 0.724. The lowest BCUT2D eigenvalue weighted by Gasteiger charge is -2.38. The van der Waals surface area contributed by atoms with Crippen molar-refractivity contribution in [2.45, 2.75) is 63.7 Å². The van der Waals surface area contributed by atoms with E-state index in [0.717, 1.165) is 18.5 Å². The van der Waals surface area contributed by atoms with Gasteiger partial charge in [-0.25, -0.2) is 4.39 Å². The highest BCUT2D eigenvalue weighted by Gasteiger charge is 2.35. The zero-order chi connectivity index (χ0) is 14.8. The SMILES string of the molecule is CCCN(Cc1cccc(Cl)c1F)C1CC2CCC(C1)N2. The first-order valence-electron chi connectivity index (χ1n) is 8.10. The molecule has 3 rings (SSSR count). The zero-order valence-electron chi connectivity index (χ0n) is 12.6. The van der Waals surface area contributed by atoms with Crippen LogP contribution in [-0.4, -0.2) is 29.6 Å². The molecule has 1 aromatic carbocycles. The van der Waals surface area contributed by atoms with Gasteiger partial charge in [0, 0.05) is 30.2 Å². The Morgan fingerprint density at radius 3 is 2.67 bits per heavy atom. The van der Waals surface area contributed by atoms with Crippen molar-refractivity contribution in [2.75, 3.05) is 6.54 Å². The second kappa shape index (κ2) is 6.64. The largest absolute Gasteiger partial charge is 0.311 e. The zero-order valence-corrected chi connectivity index (χ0v) is 13.4. The third-order valence-corrected chi connectivity index (χ3v) is 5.17. The number of nitrogens with zero attached hydrogens (tertiary/aromatic N) is 1. The van der Waals surface area contributed by atoms with Crippen LogP contribution in [0.1, 0.15) is 44.6 Å². The normalized spacial score (nSPS) is 28.3. The van der Waals surface area contributed by atoms with Gasteiger partial charge in [-0.1, -0.05) is 30.7 Å². The van der Waals surface area contributed by atoms with Crippen LogP contribution in [-0.2, 0) is 6.54 Å². The van der Waals surface area contributed by atoms with Crippen LogP contribution in [0.15, 0.2) is 18.2 Å². The van der Waals surface area contributed by atoms with Crippen molar-refractivity contribution in [3.05, 3.63) is 34.6 Å². The van der Waals surface area contributed by atoms with Crippen LogP contribution in [0.2, 0.25) is 5.02 Å². The summed E-state index contributed by atoms with van der Waals surface area (Å²) in [5, 5.41) is 3.91. The number of halogens is 2. The van der Waals surface area contributed by atoms with Gasteiger partial charge in [0.1, 0.15) is 5.82 Å². The number of nitrogens with one attached hydrogen (secondary N) is 1. The van der Waals surface area contributed by atoms with E-state index in [1.54, 1.807) is 6.07 Å². The molecule has 21 heavy (non-hydrogen) atoms. The number of hydrogen-bond acceptors (Lipinski definition) is 2. The molecule has 2 saturated heterocycles. The van der Waals surface area contributed by atoms with Crippen molar-refractivity contribution in [1.82, 2.24) is 10.2 Å². The Balaban J connectivity index is 1.73. The number of rotatable bonds is 5. The summed E-state index contributed by atoms with van der Waals surface area (Å²) in [6.45, 7) is 3.89. The molecule has 0 aliphatic carbocycles. The molecule has 0 saturated carbocycles. The minimum Gasteiger partial charge on any atom is -0.311 e. The van der Waals surface area contributed by atoms with E-state index in [-0.39, 0.29) is 10.8 Å². The quantitative estimate of drug-likeness (QED) is 0.885. The molecular formula is C17H24ClFN2. The Labute approximate surface area is 131 Å². The second-order valence-corrected chi connectivity index (χ2v) is 6.85. The van der Waals surface area contributed by atoms with E-state index in [1.807, 2.05) is 12.1 Å². The molecule has 2 atom stereocenters. The number of benzene rings is 1. The van der Waals surface area contributed by atoms with E-state index in [9.17, 15) is 4.39 Å². The molecular weight excluding hydrogens is 287 g/mol. The Morgan fingerprint density at radius 1 is 1.29 bits per heavy atom. The third-order valence-electron chi connectivity index (χ3n) is 4.88. The molecule has 0 amide bonds. The van der Waals surface area contributed by atoms with Crippen molar-refractivity contribution < 1.29 is 4.39 Å². The summed E-state index contributed by atoms with van der Waals surface area (Å²) in [6, 6.07) is 7.22. The molecule has 116 valence electrons. The molecule has 2 unspecified atom stereocenters. The van der Waals surface area contributed by atoms with Gasteiger partial charge in [-0.3, -0.25) is 4.90 Å². The minimum atomic E-state index is -0.253. The fraction of sp³-hybridized carbons (Fsp3) is 0.647. The van der Waals surface area contributed by atoms with Crippen molar-refractivity contribution in [3.63, 3.8) is 0 Å². The van der Waals surface area contributed by atoms with Gasteiger partial charge in [0.15, 0.2) is 0 Å². The lowest BCUT2D eigenvalue weighted by molar-refractivity contribution is 0.132. The summed E-state index contributed by atoms with van der Waals surface area (Å²) in [4.78, 5) is 2.46. The Kier molecular flexibility index (Phi) is 4.82. The summed E-state index contributed by atoms with van der Waals surface area (Å²) < 4.78 is 14.2. The molecule has 0 aromatic heterocycles. The molecule has 2 bridgehead atoms. The summed E-state index contributed by atoms with van der Waals surface area (Å²) in [6.07, 6.45) is 6.08. The van der Waals surface area contributed by atoms with Crippen molar-refractivity contribution in [1.29, 1.82) is 0 Å². The average Bonchev–Trinajstić information content (AvgIpc) is 2.81. The van der Waals surface area contributed by atoms with Crippen LogP contribution < -0.4 is 5.32 Å². The van der Waals surface area contributed by atoms with Gasteiger partial charge in [-0.2, -0.15) is 0 Å². The van der Waals surface area contributed by atoms with Crippen LogP contribution in [0.5, 0.6) is 0 Å². The highest BCUT2D eigenvalue weighted by atomic mass is 35.5. The maximum absolute atomic E-state index is 14.2. The molecule has 2 heterocycles. The van der Waals surface area contributed by atoms with Crippen molar-refractivity contribution in [3.8, 4) is 0 Å². The van der Waals surface area contributed by atoms with E-state index in [4.69, 9.17) is 11.6 Å². The van der Waals surface area contributed by atoms with E-state index in [0.29, 0.717) is 24.7 Å². The van der Waals surface area contributed by atoms with Crippen molar-refractivity contribution in [2.24, 2.45) is 0 Å². The molecule has 2 fully saturated rings. The number of fused-ring (bicyclic) bond motifs is 2. The average molecular weight is 311 g/mol. The van der Waals surface area contributed by atoms with Crippen LogP contribution in [0.25, 0.3) is 0 Å². The minimum absolute atomic E-state index is 0.231. The predicted molar refractivity (Wildman–Crippen MR) is 85.1 cm³/mol. The van der Waals surface area contributed by atoms with Gasteiger partial charge in [0.25, 0.3) is 0 Å². The molecule has 0 radical (unpaired) electrons. The molecule has 2 nitrogen and oxygen atoms in total. The van der Waals surface area contributed by atoms with E-state index in [2.05, 4.69) is 17.1 Å². The lowest BCUT2D eigenvalue weighted by Crippen LogP contribution is -2.48. The van der Waals surface area contributed by atoms with Gasteiger partial charge in [-0.05, 0) is 44.7 Å². The highest BCUT2D eigenvalue weighted by molar-refractivity contribution is 6.30. The smallest absolute Gasteiger partial charge is 0.146 e. The van der Waals surface area contributed by atoms with E-state index < -0.39 is 0 Å². The summed E-state index contributed by atoms with van der Waals surface area (Å²) in [7, 11) is 0. The standard InChI is InChI=1S/C17H24ClFN2/c1-2-8-21(11-12-4-3-5-16(18)17(12)19)15-9-13-6-7-14(10-15)20-13/h3-5,13-15,20H,2,6-11H2,1H3. The molecule has 0 spiro atoms. The molecule has 1 N–H and O–H groups in total. The number of hydrogen-bond donors (Lipinski definition) is 1.